The van der Waals surface area contributed by atoms with Crippen molar-refractivity contribution < 1.29 is 14.5 Å². The average molecular weight is 376 g/mol. The number of carbonyl (C=O) groups is 1. The maximum Gasteiger partial charge on any atom is 0.315 e. The van der Waals surface area contributed by atoms with Gasteiger partial charge in [-0.1, -0.05) is 24.3 Å². The summed E-state index contributed by atoms with van der Waals surface area (Å²) in [6.45, 7) is 0.151. The summed E-state index contributed by atoms with van der Waals surface area (Å²) in [4.78, 5) is 32.7. The first-order valence-electron chi connectivity index (χ1n) is 8.99. The van der Waals surface area contributed by atoms with Crippen LogP contribution in [-0.4, -0.2) is 35.6 Å². The number of para-hydroxylation sites is 2. The summed E-state index contributed by atoms with van der Waals surface area (Å²) in [5, 5.41) is 14.7. The van der Waals surface area contributed by atoms with Gasteiger partial charge < -0.3 is 10.1 Å². The molecular weight excluding hydrogens is 360 g/mol. The number of hydrogen-bond donors (Lipinski definition) is 1. The molecule has 0 spiro atoms. The van der Waals surface area contributed by atoms with Gasteiger partial charge in [0.15, 0.2) is 0 Å². The second kappa shape index (κ2) is 6.26. The van der Waals surface area contributed by atoms with Gasteiger partial charge in [0, 0.05) is 30.2 Å². The van der Waals surface area contributed by atoms with Crippen LogP contribution in [0, 0.1) is 22.0 Å². The molecule has 28 heavy (non-hydrogen) atoms. The number of cyclic esters (lactones) is 1. The Morgan fingerprint density at radius 3 is 2.89 bits per heavy atom. The molecule has 8 heteroatoms. The third kappa shape index (κ3) is 2.57. The molecule has 1 saturated heterocycles. The molecule has 5 rings (SSSR count). The molecule has 8 nitrogen and oxygen atoms in total. The van der Waals surface area contributed by atoms with Crippen molar-refractivity contribution in [3.63, 3.8) is 0 Å². The minimum Gasteiger partial charge on any atom is -0.459 e. The van der Waals surface area contributed by atoms with Crippen LogP contribution in [0.1, 0.15) is 11.5 Å². The van der Waals surface area contributed by atoms with Crippen molar-refractivity contribution >= 4 is 35.0 Å². The molecule has 3 heterocycles. The zero-order valence-electron chi connectivity index (χ0n) is 14.7. The third-order valence-electron chi connectivity index (χ3n) is 5.48. The number of fused-ring (bicyclic) bond motifs is 3. The van der Waals surface area contributed by atoms with Crippen LogP contribution in [-0.2, 0) is 9.53 Å². The highest BCUT2D eigenvalue weighted by molar-refractivity contribution is 6.09. The second-order valence-corrected chi connectivity index (χ2v) is 7.05. The van der Waals surface area contributed by atoms with Crippen molar-refractivity contribution in [2.75, 3.05) is 11.9 Å². The number of ether oxygens (including phenoxy) is 1. The lowest BCUT2D eigenvalue weighted by Gasteiger charge is -2.36. The lowest BCUT2D eigenvalue weighted by atomic mass is 9.72. The van der Waals surface area contributed by atoms with Gasteiger partial charge >= 0.3 is 5.97 Å². The summed E-state index contributed by atoms with van der Waals surface area (Å²) in [6.07, 6.45) is 1.47. The molecular formula is C20H16N4O4. The Hall–Kier alpha value is -3.55. The van der Waals surface area contributed by atoms with Gasteiger partial charge in [0.05, 0.1) is 22.0 Å². The summed E-state index contributed by atoms with van der Waals surface area (Å²) >= 11 is 0. The standard InChI is InChI=1S/C20H16N4O4/c25-20-18-16(10-28-20)23-19-13(9-21-14-6-1-2-7-15(14)22-19)17(18)11-4-3-5-12(8-11)24(26)27/h1-9,13,17-19,22H,10H2/t13?,17-,18?,19?/m0/s1. The van der Waals surface area contributed by atoms with Gasteiger partial charge in [-0.05, 0) is 17.7 Å². The Kier molecular flexibility index (Phi) is 3.71. The maximum atomic E-state index is 12.5. The van der Waals surface area contributed by atoms with Crippen molar-refractivity contribution in [1.82, 2.24) is 0 Å². The molecule has 3 unspecified atom stereocenters. The van der Waals surface area contributed by atoms with Gasteiger partial charge in [0.1, 0.15) is 18.7 Å². The van der Waals surface area contributed by atoms with E-state index in [1.165, 1.54) is 12.1 Å². The van der Waals surface area contributed by atoms with Gasteiger partial charge in [0.2, 0.25) is 0 Å². The SMILES string of the molecule is O=C1OCC2=NC3Nc4ccccc4N=CC3[C@H](c3cccc([N+](=O)[O-])c3)C12. The number of carbonyl (C=O) groups excluding carboxylic acids is 1. The molecule has 2 aromatic rings. The average Bonchev–Trinajstić information content (AvgIpc) is 2.96. The summed E-state index contributed by atoms with van der Waals surface area (Å²) in [7, 11) is 0. The highest BCUT2D eigenvalue weighted by Crippen LogP contribution is 2.44. The normalized spacial score (nSPS) is 27.4. The van der Waals surface area contributed by atoms with E-state index in [1.54, 1.807) is 12.3 Å². The fourth-order valence-corrected chi connectivity index (χ4v) is 4.21. The monoisotopic (exact) mass is 376 g/mol. The molecule has 1 N–H and O–H groups in total. The molecule has 0 aliphatic carbocycles. The number of nitro benzene ring substituents is 1. The van der Waals surface area contributed by atoms with Crippen LogP contribution in [0.2, 0.25) is 0 Å². The number of non-ortho nitro benzene ring substituents is 1. The number of anilines is 1. The van der Waals surface area contributed by atoms with Crippen LogP contribution >= 0.6 is 0 Å². The van der Waals surface area contributed by atoms with Gasteiger partial charge in [-0.25, -0.2) is 0 Å². The van der Waals surface area contributed by atoms with Gasteiger partial charge in [0.25, 0.3) is 5.69 Å². The third-order valence-corrected chi connectivity index (χ3v) is 5.48. The quantitative estimate of drug-likeness (QED) is 0.492. The Bertz CT molecular complexity index is 1050. The minimum atomic E-state index is -0.558. The number of esters is 1. The summed E-state index contributed by atoms with van der Waals surface area (Å²) in [6, 6.07) is 14.1. The fraction of sp³-hybridized carbons (Fsp3) is 0.250. The van der Waals surface area contributed by atoms with E-state index in [4.69, 9.17) is 9.73 Å². The minimum absolute atomic E-state index is 0.00807. The van der Waals surface area contributed by atoms with E-state index < -0.39 is 10.8 Å². The Morgan fingerprint density at radius 2 is 2.04 bits per heavy atom. The molecule has 140 valence electrons. The molecule has 0 aromatic heterocycles. The smallest absolute Gasteiger partial charge is 0.315 e. The Balaban J connectivity index is 1.65. The topological polar surface area (TPSA) is 106 Å². The first kappa shape index (κ1) is 16.6. The van der Waals surface area contributed by atoms with E-state index in [0.29, 0.717) is 11.3 Å². The van der Waals surface area contributed by atoms with Crippen LogP contribution in [0.15, 0.2) is 58.5 Å². The van der Waals surface area contributed by atoms with Crippen LogP contribution in [0.25, 0.3) is 0 Å². The zero-order chi connectivity index (χ0) is 19.3. The lowest BCUT2D eigenvalue weighted by molar-refractivity contribution is -0.384. The van der Waals surface area contributed by atoms with Crippen molar-refractivity contribution in [3.05, 3.63) is 64.2 Å². The van der Waals surface area contributed by atoms with Gasteiger partial charge in [-0.2, -0.15) is 0 Å². The second-order valence-electron chi connectivity index (χ2n) is 7.05. The van der Waals surface area contributed by atoms with E-state index in [1.807, 2.05) is 30.3 Å². The lowest BCUT2D eigenvalue weighted by Crippen LogP contribution is -2.43. The maximum absolute atomic E-state index is 12.5. The number of nitro groups is 1. The number of aliphatic imine (C=N–C) groups is 2. The number of benzene rings is 2. The highest BCUT2D eigenvalue weighted by Gasteiger charge is 2.49. The number of hydrogen-bond acceptors (Lipinski definition) is 7. The summed E-state index contributed by atoms with van der Waals surface area (Å²) < 4.78 is 5.26. The van der Waals surface area contributed by atoms with Crippen molar-refractivity contribution in [2.45, 2.75) is 12.1 Å². The van der Waals surface area contributed by atoms with E-state index in [-0.39, 0.29) is 36.3 Å². The van der Waals surface area contributed by atoms with E-state index in [2.05, 4.69) is 10.3 Å². The first-order valence-corrected chi connectivity index (χ1v) is 8.99. The molecule has 3 aliphatic heterocycles. The molecule has 4 atom stereocenters. The Morgan fingerprint density at radius 1 is 1.18 bits per heavy atom. The van der Waals surface area contributed by atoms with E-state index in [0.717, 1.165) is 11.4 Å². The molecule has 0 saturated carbocycles. The molecule has 3 aliphatic rings. The molecule has 1 fully saturated rings. The summed E-state index contributed by atoms with van der Waals surface area (Å²) in [5.41, 5.74) is 3.02. The molecule has 0 radical (unpaired) electrons. The van der Waals surface area contributed by atoms with E-state index >= 15 is 0 Å². The van der Waals surface area contributed by atoms with Crippen LogP contribution in [0.4, 0.5) is 17.1 Å². The van der Waals surface area contributed by atoms with Gasteiger partial charge in [-0.3, -0.25) is 24.9 Å². The van der Waals surface area contributed by atoms with Crippen LogP contribution in [0.3, 0.4) is 0 Å². The molecule has 2 aromatic carbocycles. The van der Waals surface area contributed by atoms with Crippen LogP contribution < -0.4 is 5.32 Å². The van der Waals surface area contributed by atoms with Crippen molar-refractivity contribution in [2.24, 2.45) is 21.8 Å². The summed E-state index contributed by atoms with van der Waals surface area (Å²) in [5.74, 6) is -1.51. The van der Waals surface area contributed by atoms with Crippen LogP contribution in [0.5, 0.6) is 0 Å². The van der Waals surface area contributed by atoms with Crippen molar-refractivity contribution in [1.29, 1.82) is 0 Å². The number of rotatable bonds is 2. The fourth-order valence-electron chi connectivity index (χ4n) is 4.21. The molecule has 0 bridgehead atoms. The number of nitrogens with zero attached hydrogens (tertiary/aromatic N) is 3. The zero-order valence-corrected chi connectivity index (χ0v) is 14.7. The predicted molar refractivity (Wildman–Crippen MR) is 103 cm³/mol. The van der Waals surface area contributed by atoms with Crippen molar-refractivity contribution in [3.8, 4) is 0 Å². The largest absolute Gasteiger partial charge is 0.459 e. The number of nitrogens with one attached hydrogen (secondary N) is 1. The van der Waals surface area contributed by atoms with Gasteiger partial charge in [-0.15, -0.1) is 0 Å². The highest BCUT2D eigenvalue weighted by atomic mass is 16.6. The molecule has 0 amide bonds. The first-order chi connectivity index (χ1) is 13.6. The Labute approximate surface area is 160 Å². The van der Waals surface area contributed by atoms with E-state index in [9.17, 15) is 14.9 Å². The predicted octanol–water partition coefficient (Wildman–Crippen LogP) is 3.08.